The lowest BCUT2D eigenvalue weighted by atomic mass is 10.0. The fourth-order valence-electron chi connectivity index (χ4n) is 1.89. The van der Waals surface area contributed by atoms with E-state index in [9.17, 15) is 18.0 Å². The van der Waals surface area contributed by atoms with Crippen LogP contribution in [0.25, 0.3) is 0 Å². The van der Waals surface area contributed by atoms with Crippen molar-refractivity contribution < 1.29 is 32.2 Å². The molecule has 1 aliphatic rings. The number of ether oxygens (including phenoxy) is 1. The molecule has 0 aromatic carbocycles. The van der Waals surface area contributed by atoms with Gasteiger partial charge in [-0.15, -0.1) is 0 Å². The van der Waals surface area contributed by atoms with E-state index >= 15 is 0 Å². The van der Waals surface area contributed by atoms with E-state index in [0.29, 0.717) is 13.0 Å². The average Bonchev–Trinajstić information content (AvgIpc) is 2.81. The zero-order valence-corrected chi connectivity index (χ0v) is 9.32. The molecule has 1 aromatic rings. The van der Waals surface area contributed by atoms with E-state index in [-0.39, 0.29) is 12.0 Å². The van der Waals surface area contributed by atoms with Crippen LogP contribution in [0.1, 0.15) is 41.4 Å². The smallest absolute Gasteiger partial charge is 0.437 e. The van der Waals surface area contributed by atoms with Gasteiger partial charge in [0.05, 0.1) is 12.0 Å². The first-order valence-corrected chi connectivity index (χ1v) is 5.23. The molecule has 2 heterocycles. The second-order valence-corrected chi connectivity index (χ2v) is 4.00. The van der Waals surface area contributed by atoms with Crippen LogP contribution in [0.4, 0.5) is 13.2 Å². The molecule has 5 nitrogen and oxygen atoms in total. The van der Waals surface area contributed by atoms with Crippen LogP contribution >= 0.6 is 0 Å². The highest BCUT2D eigenvalue weighted by Crippen LogP contribution is 2.36. The summed E-state index contributed by atoms with van der Waals surface area (Å²) in [6.07, 6.45) is -4.73. The number of rotatable bonds is 2. The summed E-state index contributed by atoms with van der Waals surface area (Å²) >= 11 is 0. The third kappa shape index (κ3) is 2.20. The maximum absolute atomic E-state index is 12.6. The number of aromatic carboxylic acids is 1. The Balaban J connectivity index is 2.42. The number of hydrogen-bond donors (Lipinski definition) is 1. The van der Waals surface area contributed by atoms with Gasteiger partial charge >= 0.3 is 12.1 Å². The van der Waals surface area contributed by atoms with Crippen LogP contribution in [-0.2, 0) is 10.9 Å². The molecule has 0 amide bonds. The van der Waals surface area contributed by atoms with Gasteiger partial charge in [-0.2, -0.15) is 13.2 Å². The molecular formula is C10H10F3NO4. The topological polar surface area (TPSA) is 72.6 Å². The van der Waals surface area contributed by atoms with E-state index in [1.54, 1.807) is 6.92 Å². The normalized spacial score (nSPS) is 24.4. The second kappa shape index (κ2) is 4.27. The Hall–Kier alpha value is -1.57. The van der Waals surface area contributed by atoms with Gasteiger partial charge in [0.15, 0.2) is 5.69 Å². The molecule has 0 bridgehead atoms. The van der Waals surface area contributed by atoms with Crippen molar-refractivity contribution in [1.29, 1.82) is 0 Å². The van der Waals surface area contributed by atoms with Crippen LogP contribution in [0, 0.1) is 0 Å². The molecule has 0 aliphatic carbocycles. The molecule has 1 aliphatic heterocycles. The maximum Gasteiger partial charge on any atom is 0.437 e. The first-order valence-electron chi connectivity index (χ1n) is 5.23. The van der Waals surface area contributed by atoms with Gasteiger partial charge in [0, 0.05) is 6.61 Å². The quantitative estimate of drug-likeness (QED) is 0.888. The van der Waals surface area contributed by atoms with Crippen LogP contribution in [0.3, 0.4) is 0 Å². The molecule has 0 spiro atoms. The number of nitrogens with zero attached hydrogens (tertiary/aromatic N) is 1. The van der Waals surface area contributed by atoms with Crippen molar-refractivity contribution in [2.45, 2.75) is 31.5 Å². The Bertz CT molecular complexity index is 468. The molecule has 1 aromatic heterocycles. The summed E-state index contributed by atoms with van der Waals surface area (Å²) in [4.78, 5) is 14.0. The van der Waals surface area contributed by atoms with E-state index in [2.05, 4.69) is 4.98 Å². The summed E-state index contributed by atoms with van der Waals surface area (Å²) in [6, 6.07) is 0. The average molecular weight is 265 g/mol. The van der Waals surface area contributed by atoms with Gasteiger partial charge in [0.2, 0.25) is 11.7 Å². The summed E-state index contributed by atoms with van der Waals surface area (Å²) in [5, 5.41) is 8.69. The third-order valence-corrected chi connectivity index (χ3v) is 2.80. The number of alkyl halides is 3. The van der Waals surface area contributed by atoms with Crippen LogP contribution < -0.4 is 0 Å². The van der Waals surface area contributed by atoms with Crippen molar-refractivity contribution in [3.63, 3.8) is 0 Å². The summed E-state index contributed by atoms with van der Waals surface area (Å²) in [5.41, 5.74) is -1.50. The lowest BCUT2D eigenvalue weighted by Crippen LogP contribution is -2.12. The van der Waals surface area contributed by atoms with Gasteiger partial charge in [-0.05, 0) is 13.3 Å². The Morgan fingerprint density at radius 3 is 2.56 bits per heavy atom. The van der Waals surface area contributed by atoms with E-state index in [1.807, 2.05) is 0 Å². The number of oxazole rings is 1. The zero-order valence-electron chi connectivity index (χ0n) is 9.32. The van der Waals surface area contributed by atoms with Crippen molar-refractivity contribution >= 4 is 5.97 Å². The SMILES string of the molecule is CC1OCCC1c1nc(C(F)(F)F)c(C(=O)O)o1. The van der Waals surface area contributed by atoms with Crippen LogP contribution in [0.2, 0.25) is 0 Å². The standard InChI is InChI=1S/C10H10F3NO4/c1-4-5(2-3-17-4)8-14-7(10(11,12)13)6(18-8)9(15)16/h4-5H,2-3H2,1H3,(H,15,16). The predicted molar refractivity (Wildman–Crippen MR) is 51.2 cm³/mol. The highest BCUT2D eigenvalue weighted by molar-refractivity contribution is 5.85. The molecule has 1 N–H and O–H groups in total. The van der Waals surface area contributed by atoms with Crippen LogP contribution in [-0.4, -0.2) is 28.8 Å². The molecule has 1 saturated heterocycles. The summed E-state index contributed by atoms with van der Waals surface area (Å²) in [7, 11) is 0. The number of carboxylic acid groups (broad SMARTS) is 1. The molecular weight excluding hydrogens is 255 g/mol. The molecule has 8 heteroatoms. The molecule has 0 radical (unpaired) electrons. The minimum absolute atomic E-state index is 0.232. The molecule has 100 valence electrons. The lowest BCUT2D eigenvalue weighted by molar-refractivity contribution is -0.141. The highest BCUT2D eigenvalue weighted by Gasteiger charge is 2.43. The Kier molecular flexibility index (Phi) is 3.05. The van der Waals surface area contributed by atoms with Crippen LogP contribution in [0.15, 0.2) is 4.42 Å². The highest BCUT2D eigenvalue weighted by atomic mass is 19.4. The number of halogens is 3. The van der Waals surface area contributed by atoms with Gasteiger partial charge in [-0.3, -0.25) is 0 Å². The molecule has 1 fully saturated rings. The summed E-state index contributed by atoms with van der Waals surface area (Å²) < 4.78 is 47.7. The van der Waals surface area contributed by atoms with Gasteiger partial charge in [0.1, 0.15) is 0 Å². The first-order chi connectivity index (χ1) is 8.30. The van der Waals surface area contributed by atoms with E-state index < -0.39 is 29.5 Å². The second-order valence-electron chi connectivity index (χ2n) is 4.00. The van der Waals surface area contributed by atoms with Gasteiger partial charge in [-0.25, -0.2) is 9.78 Å². The monoisotopic (exact) mass is 265 g/mol. The van der Waals surface area contributed by atoms with Crippen molar-refractivity contribution in [2.75, 3.05) is 6.61 Å². The van der Waals surface area contributed by atoms with Crippen molar-refractivity contribution in [2.24, 2.45) is 0 Å². The van der Waals surface area contributed by atoms with E-state index in [0.717, 1.165) is 0 Å². The van der Waals surface area contributed by atoms with Crippen molar-refractivity contribution in [1.82, 2.24) is 4.98 Å². The summed E-state index contributed by atoms with van der Waals surface area (Å²) in [6.45, 7) is 2.06. The number of carboxylic acids is 1. The minimum atomic E-state index is -4.85. The Morgan fingerprint density at radius 2 is 2.17 bits per heavy atom. The fourth-order valence-corrected chi connectivity index (χ4v) is 1.89. The first kappa shape index (κ1) is 12.9. The van der Waals surface area contributed by atoms with Crippen molar-refractivity contribution in [3.8, 4) is 0 Å². The molecule has 18 heavy (non-hydrogen) atoms. The fraction of sp³-hybridized carbons (Fsp3) is 0.600. The number of hydrogen-bond acceptors (Lipinski definition) is 4. The Labute approximate surface area is 99.6 Å². The number of carbonyl (C=O) groups is 1. The van der Waals surface area contributed by atoms with E-state index in [4.69, 9.17) is 14.3 Å². The molecule has 2 rings (SSSR count). The van der Waals surface area contributed by atoms with Gasteiger partial charge < -0.3 is 14.3 Å². The van der Waals surface area contributed by atoms with Gasteiger partial charge in [0.25, 0.3) is 0 Å². The molecule has 2 atom stereocenters. The number of aromatic nitrogens is 1. The van der Waals surface area contributed by atoms with E-state index in [1.165, 1.54) is 0 Å². The molecule has 2 unspecified atom stereocenters. The Morgan fingerprint density at radius 1 is 1.50 bits per heavy atom. The largest absolute Gasteiger partial charge is 0.475 e. The lowest BCUT2D eigenvalue weighted by Gasteiger charge is -2.08. The third-order valence-electron chi connectivity index (χ3n) is 2.80. The maximum atomic E-state index is 12.6. The minimum Gasteiger partial charge on any atom is -0.475 e. The predicted octanol–water partition coefficient (Wildman–Crippen LogP) is 2.28. The molecule has 0 saturated carbocycles. The van der Waals surface area contributed by atoms with Crippen molar-refractivity contribution in [3.05, 3.63) is 17.3 Å². The summed E-state index contributed by atoms with van der Waals surface area (Å²) in [5.74, 6) is -3.63. The van der Waals surface area contributed by atoms with Crippen LogP contribution in [0.5, 0.6) is 0 Å². The zero-order chi connectivity index (χ0) is 13.5. The van der Waals surface area contributed by atoms with Gasteiger partial charge in [-0.1, -0.05) is 0 Å².